The summed E-state index contributed by atoms with van der Waals surface area (Å²) < 4.78 is 18.5. The van der Waals surface area contributed by atoms with Gasteiger partial charge >= 0.3 is 0 Å². The molecule has 2 rings (SSSR count). The Bertz CT molecular complexity index is 577. The molecule has 1 aromatic rings. The first-order valence-electron chi connectivity index (χ1n) is 8.47. The SMILES string of the molecule is COc1ccc([C@H]2OC(C)(C)[C@@]2(O[Si](C)(C)C(C)(C)C)SC)cc1. The Morgan fingerprint density at radius 1 is 1.12 bits per heavy atom. The van der Waals surface area contributed by atoms with Gasteiger partial charge < -0.3 is 13.9 Å². The lowest BCUT2D eigenvalue weighted by atomic mass is 9.84. The molecule has 0 saturated carbocycles. The van der Waals surface area contributed by atoms with Crippen LogP contribution in [0.2, 0.25) is 18.1 Å². The minimum absolute atomic E-state index is 0.0671. The molecule has 1 heterocycles. The molecule has 0 spiro atoms. The fourth-order valence-electron chi connectivity index (χ4n) is 2.88. The number of hydrogen-bond acceptors (Lipinski definition) is 4. The molecule has 0 aliphatic carbocycles. The van der Waals surface area contributed by atoms with Crippen LogP contribution < -0.4 is 4.74 Å². The van der Waals surface area contributed by atoms with Crippen LogP contribution in [0, 0.1) is 0 Å². The highest BCUT2D eigenvalue weighted by molar-refractivity contribution is 8.00. The third-order valence-corrected chi connectivity index (χ3v) is 11.5. The van der Waals surface area contributed by atoms with Gasteiger partial charge in [0.2, 0.25) is 0 Å². The van der Waals surface area contributed by atoms with Gasteiger partial charge in [-0.05, 0) is 55.9 Å². The fourth-order valence-corrected chi connectivity index (χ4v) is 6.19. The molecule has 1 aliphatic rings. The second-order valence-corrected chi connectivity index (χ2v) is 14.3. The first-order chi connectivity index (χ1) is 10.9. The number of methoxy groups -OCH3 is 1. The molecule has 24 heavy (non-hydrogen) atoms. The quantitative estimate of drug-likeness (QED) is 0.497. The molecule has 1 aromatic carbocycles. The van der Waals surface area contributed by atoms with E-state index in [9.17, 15) is 0 Å². The van der Waals surface area contributed by atoms with Crippen molar-refractivity contribution in [3.8, 4) is 5.75 Å². The van der Waals surface area contributed by atoms with E-state index in [1.165, 1.54) is 0 Å². The van der Waals surface area contributed by atoms with Gasteiger partial charge in [0.25, 0.3) is 0 Å². The topological polar surface area (TPSA) is 27.7 Å². The van der Waals surface area contributed by atoms with Gasteiger partial charge in [-0.25, -0.2) is 0 Å². The monoisotopic (exact) mass is 368 g/mol. The zero-order chi connectivity index (χ0) is 18.4. The van der Waals surface area contributed by atoms with Crippen molar-refractivity contribution in [2.75, 3.05) is 13.4 Å². The van der Waals surface area contributed by atoms with E-state index in [1.54, 1.807) is 18.9 Å². The van der Waals surface area contributed by atoms with Crippen LogP contribution >= 0.6 is 11.8 Å². The molecule has 1 aliphatic heterocycles. The van der Waals surface area contributed by atoms with E-state index < -0.39 is 8.32 Å². The number of hydrogen-bond donors (Lipinski definition) is 0. The van der Waals surface area contributed by atoms with Crippen LogP contribution in [0.3, 0.4) is 0 Å². The molecule has 0 amide bonds. The molecule has 2 atom stereocenters. The molecule has 5 heteroatoms. The Kier molecular flexibility index (Phi) is 5.24. The summed E-state index contributed by atoms with van der Waals surface area (Å²) in [5, 5.41) is 0.159. The van der Waals surface area contributed by atoms with Crippen LogP contribution in [0.5, 0.6) is 5.75 Å². The normalized spacial score (nSPS) is 26.8. The van der Waals surface area contributed by atoms with E-state index in [4.69, 9.17) is 13.9 Å². The van der Waals surface area contributed by atoms with Gasteiger partial charge in [0, 0.05) is 0 Å². The summed E-state index contributed by atoms with van der Waals surface area (Å²) in [4.78, 5) is -0.370. The van der Waals surface area contributed by atoms with E-state index in [2.05, 4.69) is 66.1 Å². The minimum atomic E-state index is -1.94. The maximum absolute atomic E-state index is 6.96. The standard InChI is InChI=1S/C19H32O3SSi/c1-17(2,3)24(8,9)22-19(23-7)16(21-18(19,4)5)14-10-12-15(20-6)13-11-14/h10-13,16H,1-9H3/t16-,19+/m1/s1. The predicted octanol–water partition coefficient (Wildman–Crippen LogP) is 5.63. The number of ether oxygens (including phenoxy) is 2. The smallest absolute Gasteiger partial charge is 0.194 e. The average Bonchev–Trinajstić information content (AvgIpc) is 2.49. The van der Waals surface area contributed by atoms with Crippen LogP contribution in [0.1, 0.15) is 46.3 Å². The number of thioether (sulfide) groups is 1. The molecule has 0 unspecified atom stereocenters. The maximum atomic E-state index is 6.96. The van der Waals surface area contributed by atoms with Crippen molar-refractivity contribution >= 4 is 20.1 Å². The second kappa shape index (κ2) is 6.34. The van der Waals surface area contributed by atoms with Crippen molar-refractivity contribution in [1.29, 1.82) is 0 Å². The minimum Gasteiger partial charge on any atom is -0.497 e. The Morgan fingerprint density at radius 3 is 2.04 bits per heavy atom. The van der Waals surface area contributed by atoms with Crippen molar-refractivity contribution in [3.05, 3.63) is 29.8 Å². The molecular formula is C19H32O3SSi. The summed E-state index contributed by atoms with van der Waals surface area (Å²) in [6.45, 7) is 15.7. The molecule has 0 aromatic heterocycles. The first-order valence-corrected chi connectivity index (χ1v) is 12.6. The van der Waals surface area contributed by atoms with Crippen LogP contribution in [0.4, 0.5) is 0 Å². The second-order valence-electron chi connectivity index (χ2n) is 8.52. The first kappa shape index (κ1) is 19.8. The number of benzene rings is 1. The lowest BCUT2D eigenvalue weighted by Crippen LogP contribution is -2.69. The van der Waals surface area contributed by atoms with Gasteiger partial charge in [-0.1, -0.05) is 32.9 Å². The summed E-state index contributed by atoms with van der Waals surface area (Å²) in [7, 11) is -0.253. The van der Waals surface area contributed by atoms with Crippen LogP contribution in [0.15, 0.2) is 24.3 Å². The van der Waals surface area contributed by atoms with Crippen molar-refractivity contribution in [1.82, 2.24) is 0 Å². The molecule has 136 valence electrons. The molecule has 0 radical (unpaired) electrons. The molecule has 0 bridgehead atoms. The van der Waals surface area contributed by atoms with Crippen molar-refractivity contribution in [2.45, 2.75) is 69.4 Å². The summed E-state index contributed by atoms with van der Waals surface area (Å²) in [5.41, 5.74) is 0.815. The molecule has 0 N–H and O–H groups in total. The largest absolute Gasteiger partial charge is 0.497 e. The van der Waals surface area contributed by atoms with Gasteiger partial charge in [-0.2, -0.15) is 0 Å². The van der Waals surface area contributed by atoms with Crippen LogP contribution in [-0.4, -0.2) is 32.2 Å². The van der Waals surface area contributed by atoms with Crippen LogP contribution in [0.25, 0.3) is 0 Å². The van der Waals surface area contributed by atoms with Gasteiger partial charge in [-0.3, -0.25) is 0 Å². The van der Waals surface area contributed by atoms with E-state index >= 15 is 0 Å². The van der Waals surface area contributed by atoms with Crippen molar-refractivity contribution < 1.29 is 13.9 Å². The Hall–Kier alpha value is -0.493. The van der Waals surface area contributed by atoms with Gasteiger partial charge in [0.15, 0.2) is 13.3 Å². The summed E-state index contributed by atoms with van der Waals surface area (Å²) in [6.07, 6.45) is 2.07. The zero-order valence-corrected chi connectivity index (χ0v) is 18.3. The third kappa shape index (κ3) is 3.16. The Balaban J connectivity index is 2.39. The summed E-state index contributed by atoms with van der Waals surface area (Å²) >= 11 is 1.78. The highest BCUT2D eigenvalue weighted by Gasteiger charge is 2.66. The van der Waals surface area contributed by atoms with Gasteiger partial charge in [0.05, 0.1) is 7.11 Å². The fraction of sp³-hybridized carbons (Fsp3) is 0.684. The van der Waals surface area contributed by atoms with Gasteiger partial charge in [0.1, 0.15) is 17.5 Å². The van der Waals surface area contributed by atoms with E-state index in [1.807, 2.05) is 12.1 Å². The van der Waals surface area contributed by atoms with E-state index in [-0.39, 0.29) is 21.7 Å². The van der Waals surface area contributed by atoms with Crippen molar-refractivity contribution in [3.63, 3.8) is 0 Å². The maximum Gasteiger partial charge on any atom is 0.194 e. The summed E-state index contributed by atoms with van der Waals surface area (Å²) in [5.74, 6) is 0.859. The number of rotatable bonds is 5. The van der Waals surface area contributed by atoms with Crippen LogP contribution in [-0.2, 0) is 9.16 Å². The lowest BCUT2D eigenvalue weighted by molar-refractivity contribution is -0.290. The Labute approximate surface area is 152 Å². The lowest BCUT2D eigenvalue weighted by Gasteiger charge is -2.63. The molecular weight excluding hydrogens is 336 g/mol. The molecule has 3 nitrogen and oxygen atoms in total. The third-order valence-electron chi connectivity index (χ3n) is 5.53. The Morgan fingerprint density at radius 2 is 1.67 bits per heavy atom. The highest BCUT2D eigenvalue weighted by atomic mass is 32.2. The molecule has 1 fully saturated rings. The van der Waals surface area contributed by atoms with Crippen molar-refractivity contribution in [2.24, 2.45) is 0 Å². The summed E-state index contributed by atoms with van der Waals surface area (Å²) in [6, 6.07) is 8.14. The highest BCUT2D eigenvalue weighted by Crippen LogP contribution is 2.61. The van der Waals surface area contributed by atoms with E-state index in [0.717, 1.165) is 11.3 Å². The average molecular weight is 369 g/mol. The predicted molar refractivity (Wildman–Crippen MR) is 105 cm³/mol. The van der Waals surface area contributed by atoms with E-state index in [0.29, 0.717) is 0 Å². The zero-order valence-electron chi connectivity index (χ0n) is 16.5. The van der Waals surface area contributed by atoms with Gasteiger partial charge in [-0.15, -0.1) is 11.8 Å². The molecule has 1 saturated heterocycles.